The number of rotatable bonds is 2. The van der Waals surface area contributed by atoms with Crippen LogP contribution in [0.2, 0.25) is 0 Å². The molecule has 0 bridgehead atoms. The Labute approximate surface area is 146 Å². The van der Waals surface area contributed by atoms with Crippen molar-refractivity contribution in [3.63, 3.8) is 0 Å². The first-order valence-corrected chi connectivity index (χ1v) is 8.30. The van der Waals surface area contributed by atoms with Gasteiger partial charge in [-0.2, -0.15) is 4.98 Å². The van der Waals surface area contributed by atoms with Crippen molar-refractivity contribution in [3.8, 4) is 5.88 Å². The molecule has 2 aromatic rings. The summed E-state index contributed by atoms with van der Waals surface area (Å²) >= 11 is 0. The van der Waals surface area contributed by atoms with Crippen molar-refractivity contribution >= 4 is 17.5 Å². The quantitative estimate of drug-likeness (QED) is 0.871. The van der Waals surface area contributed by atoms with Crippen LogP contribution in [-0.4, -0.2) is 41.1 Å². The molecule has 0 unspecified atom stereocenters. The van der Waals surface area contributed by atoms with E-state index in [1.807, 2.05) is 6.07 Å². The minimum atomic E-state index is -0.130. The van der Waals surface area contributed by atoms with E-state index in [0.717, 1.165) is 18.8 Å². The third kappa shape index (κ3) is 2.80. The van der Waals surface area contributed by atoms with Gasteiger partial charge in [-0.15, -0.1) is 0 Å². The molecular formula is C18H21N5O2. The molecule has 0 saturated carbocycles. The molecule has 2 N–H and O–H groups in total. The summed E-state index contributed by atoms with van der Waals surface area (Å²) in [5, 5.41) is 6.65. The highest BCUT2D eigenvalue weighted by Crippen LogP contribution is 2.32. The van der Waals surface area contributed by atoms with E-state index >= 15 is 0 Å². The zero-order chi connectivity index (χ0) is 17.6. The number of amides is 1. The van der Waals surface area contributed by atoms with Crippen molar-refractivity contribution in [2.45, 2.75) is 25.8 Å². The molecule has 1 amide bonds. The number of hydrogen-bond acceptors (Lipinski definition) is 6. The third-order valence-corrected chi connectivity index (χ3v) is 4.70. The molecule has 130 valence electrons. The first-order valence-electron chi connectivity index (χ1n) is 8.30. The fourth-order valence-electron chi connectivity index (χ4n) is 3.32. The monoisotopic (exact) mass is 339 g/mol. The predicted molar refractivity (Wildman–Crippen MR) is 94.1 cm³/mol. The maximum Gasteiger partial charge on any atom is 0.263 e. The number of nitrogens with zero attached hydrogens (tertiary/aromatic N) is 3. The van der Waals surface area contributed by atoms with Crippen molar-refractivity contribution in [2.75, 3.05) is 25.6 Å². The molecule has 7 heteroatoms. The molecule has 1 aromatic carbocycles. The summed E-state index contributed by atoms with van der Waals surface area (Å²) < 4.78 is 5.51. The molecule has 3 heterocycles. The van der Waals surface area contributed by atoms with Gasteiger partial charge in [-0.1, -0.05) is 19.9 Å². The van der Waals surface area contributed by atoms with Crippen molar-refractivity contribution in [2.24, 2.45) is 0 Å². The van der Waals surface area contributed by atoms with Crippen LogP contribution >= 0.6 is 0 Å². The maximum atomic E-state index is 12.0. The number of hydrogen-bond donors (Lipinski definition) is 2. The van der Waals surface area contributed by atoms with Gasteiger partial charge in [0.2, 0.25) is 11.8 Å². The topological polar surface area (TPSA) is 79.4 Å². The standard InChI is InChI=1S/C18H21N5O2/c1-18(2)9-19-7-11-6-12(4-5-14(11)18)21-17-20-8-13-15(22-17)25-10-23(3)16(13)24/h4-6,8,19H,7,9-10H2,1-3H3,(H,20,21,22). The van der Waals surface area contributed by atoms with Crippen LogP contribution in [0, 0.1) is 0 Å². The van der Waals surface area contributed by atoms with Crippen molar-refractivity contribution in [1.29, 1.82) is 0 Å². The molecule has 0 radical (unpaired) electrons. The minimum Gasteiger partial charge on any atom is -0.455 e. The van der Waals surface area contributed by atoms with Crippen LogP contribution in [0.15, 0.2) is 24.4 Å². The third-order valence-electron chi connectivity index (χ3n) is 4.70. The normalized spacial score (nSPS) is 18.2. The van der Waals surface area contributed by atoms with Gasteiger partial charge < -0.3 is 20.3 Å². The molecular weight excluding hydrogens is 318 g/mol. The highest BCUT2D eigenvalue weighted by Gasteiger charge is 2.27. The van der Waals surface area contributed by atoms with Crippen LogP contribution in [0.4, 0.5) is 11.6 Å². The number of aromatic nitrogens is 2. The SMILES string of the molecule is CN1COc2nc(Nc3ccc4c(c3)CNCC4(C)C)ncc2C1=O. The second-order valence-corrected chi connectivity index (χ2v) is 7.17. The zero-order valence-electron chi connectivity index (χ0n) is 14.6. The number of anilines is 2. The maximum absolute atomic E-state index is 12.0. The lowest BCUT2D eigenvalue weighted by Gasteiger charge is -2.33. The van der Waals surface area contributed by atoms with Gasteiger partial charge in [-0.3, -0.25) is 4.79 Å². The lowest BCUT2D eigenvalue weighted by Crippen LogP contribution is -2.38. The molecule has 25 heavy (non-hydrogen) atoms. The number of fused-ring (bicyclic) bond motifs is 2. The molecule has 7 nitrogen and oxygen atoms in total. The van der Waals surface area contributed by atoms with Gasteiger partial charge in [-0.25, -0.2) is 4.98 Å². The zero-order valence-corrected chi connectivity index (χ0v) is 14.6. The van der Waals surface area contributed by atoms with E-state index in [9.17, 15) is 4.79 Å². The summed E-state index contributed by atoms with van der Waals surface area (Å²) in [5.74, 6) is 0.607. The molecule has 0 saturated heterocycles. The van der Waals surface area contributed by atoms with Crippen LogP contribution < -0.4 is 15.4 Å². The van der Waals surface area contributed by atoms with Gasteiger partial charge in [0.15, 0.2) is 6.73 Å². The first kappa shape index (κ1) is 15.8. The number of carbonyl (C=O) groups excluding carboxylic acids is 1. The van der Waals surface area contributed by atoms with Crippen molar-refractivity contribution < 1.29 is 9.53 Å². The lowest BCUT2D eigenvalue weighted by molar-refractivity contribution is 0.0582. The smallest absolute Gasteiger partial charge is 0.263 e. The number of nitrogens with one attached hydrogen (secondary N) is 2. The predicted octanol–water partition coefficient (Wildman–Crippen LogP) is 2.02. The van der Waals surface area contributed by atoms with E-state index in [0.29, 0.717) is 17.4 Å². The summed E-state index contributed by atoms with van der Waals surface area (Å²) in [6.07, 6.45) is 1.51. The van der Waals surface area contributed by atoms with Gasteiger partial charge in [0.25, 0.3) is 5.91 Å². The molecule has 0 atom stereocenters. The second kappa shape index (κ2) is 5.70. The van der Waals surface area contributed by atoms with Gasteiger partial charge in [0, 0.05) is 37.4 Å². The fourth-order valence-corrected chi connectivity index (χ4v) is 3.32. The van der Waals surface area contributed by atoms with Gasteiger partial charge in [-0.05, 0) is 23.3 Å². The molecule has 0 spiro atoms. The number of benzene rings is 1. The Bertz CT molecular complexity index is 849. The summed E-state index contributed by atoms with van der Waals surface area (Å²) in [4.78, 5) is 22.1. The Hall–Kier alpha value is -2.67. The van der Waals surface area contributed by atoms with Crippen LogP contribution in [0.5, 0.6) is 5.88 Å². The first-order chi connectivity index (χ1) is 11.9. The Morgan fingerprint density at radius 3 is 3.04 bits per heavy atom. The van der Waals surface area contributed by atoms with E-state index in [1.54, 1.807) is 7.05 Å². The molecule has 0 fully saturated rings. The summed E-state index contributed by atoms with van der Waals surface area (Å²) in [7, 11) is 1.68. The average molecular weight is 339 g/mol. The second-order valence-electron chi connectivity index (χ2n) is 7.17. The Balaban J connectivity index is 1.60. The fraction of sp³-hybridized carbons (Fsp3) is 0.389. The number of ether oxygens (including phenoxy) is 1. The van der Waals surface area contributed by atoms with E-state index in [4.69, 9.17) is 4.74 Å². The Morgan fingerprint density at radius 2 is 2.20 bits per heavy atom. The van der Waals surface area contributed by atoms with E-state index in [2.05, 4.69) is 46.6 Å². The van der Waals surface area contributed by atoms with Gasteiger partial charge >= 0.3 is 0 Å². The van der Waals surface area contributed by atoms with Gasteiger partial charge in [0.1, 0.15) is 5.56 Å². The van der Waals surface area contributed by atoms with Crippen molar-refractivity contribution in [1.82, 2.24) is 20.2 Å². The van der Waals surface area contributed by atoms with E-state index in [1.165, 1.54) is 22.2 Å². The molecule has 2 aliphatic heterocycles. The van der Waals surface area contributed by atoms with E-state index < -0.39 is 0 Å². The minimum absolute atomic E-state index is 0.120. The Kier molecular flexibility index (Phi) is 3.61. The molecule has 2 aliphatic rings. The highest BCUT2D eigenvalue weighted by atomic mass is 16.5. The number of carbonyl (C=O) groups is 1. The van der Waals surface area contributed by atoms with Crippen molar-refractivity contribution in [3.05, 3.63) is 41.1 Å². The summed E-state index contributed by atoms with van der Waals surface area (Å²) in [6, 6.07) is 6.31. The molecule has 0 aliphatic carbocycles. The van der Waals surface area contributed by atoms with E-state index in [-0.39, 0.29) is 18.1 Å². The molecule has 4 rings (SSSR count). The van der Waals surface area contributed by atoms with Gasteiger partial charge in [0.05, 0.1) is 0 Å². The van der Waals surface area contributed by atoms with Crippen LogP contribution in [0.25, 0.3) is 0 Å². The summed E-state index contributed by atoms with van der Waals surface area (Å²) in [5.41, 5.74) is 4.05. The van der Waals surface area contributed by atoms with Crippen LogP contribution in [-0.2, 0) is 12.0 Å². The largest absolute Gasteiger partial charge is 0.455 e. The van der Waals surface area contributed by atoms with Crippen LogP contribution in [0.1, 0.15) is 35.3 Å². The highest BCUT2D eigenvalue weighted by molar-refractivity contribution is 5.96. The lowest BCUT2D eigenvalue weighted by atomic mass is 9.79. The van der Waals surface area contributed by atoms with Crippen LogP contribution in [0.3, 0.4) is 0 Å². The molecule has 1 aromatic heterocycles. The average Bonchev–Trinajstić information content (AvgIpc) is 2.58. The summed E-state index contributed by atoms with van der Waals surface area (Å²) in [6.45, 7) is 6.50. The Morgan fingerprint density at radius 1 is 1.36 bits per heavy atom.